The lowest BCUT2D eigenvalue weighted by molar-refractivity contribution is -0.167. The van der Waals surface area contributed by atoms with Crippen LogP contribution in [0.4, 0.5) is 0 Å². The van der Waals surface area contributed by atoms with E-state index >= 15 is 0 Å². The van der Waals surface area contributed by atoms with Crippen molar-refractivity contribution in [3.05, 3.63) is 60.8 Å². The van der Waals surface area contributed by atoms with Crippen LogP contribution in [0.1, 0.15) is 278 Å². The molecule has 6 heteroatoms. The first-order chi connectivity index (χ1) is 32.0. The van der Waals surface area contributed by atoms with Gasteiger partial charge in [0.05, 0.1) is 0 Å². The van der Waals surface area contributed by atoms with E-state index in [2.05, 4.69) is 81.5 Å². The molecule has 0 heterocycles. The van der Waals surface area contributed by atoms with Gasteiger partial charge in [0.2, 0.25) is 0 Å². The van der Waals surface area contributed by atoms with Crippen LogP contribution in [-0.4, -0.2) is 37.2 Å². The molecule has 0 unspecified atom stereocenters. The van der Waals surface area contributed by atoms with Crippen LogP contribution in [0.25, 0.3) is 0 Å². The second-order valence-electron chi connectivity index (χ2n) is 18.5. The van der Waals surface area contributed by atoms with Crippen molar-refractivity contribution in [2.45, 2.75) is 284 Å². The number of carbonyl (C=O) groups is 3. The Morgan fingerprint density at radius 3 is 0.954 bits per heavy atom. The van der Waals surface area contributed by atoms with E-state index in [9.17, 15) is 14.4 Å². The third-order valence-electron chi connectivity index (χ3n) is 12.0. The van der Waals surface area contributed by atoms with E-state index in [1.165, 1.54) is 167 Å². The molecular formula is C59H104O6. The van der Waals surface area contributed by atoms with Crippen molar-refractivity contribution in [2.75, 3.05) is 13.2 Å². The minimum atomic E-state index is -0.802. The van der Waals surface area contributed by atoms with Crippen LogP contribution in [0.3, 0.4) is 0 Å². The molecule has 0 aromatic rings. The zero-order chi connectivity index (χ0) is 47.2. The summed E-state index contributed by atoms with van der Waals surface area (Å²) in [6, 6.07) is 0. The number of allylic oxidation sites excluding steroid dienone is 10. The Morgan fingerprint density at radius 2 is 0.569 bits per heavy atom. The van der Waals surface area contributed by atoms with Crippen LogP contribution >= 0.6 is 0 Å². The van der Waals surface area contributed by atoms with Gasteiger partial charge in [-0.3, -0.25) is 14.4 Å². The van der Waals surface area contributed by atoms with E-state index in [4.69, 9.17) is 14.2 Å². The molecule has 0 aromatic carbocycles. The van der Waals surface area contributed by atoms with Gasteiger partial charge in [0.15, 0.2) is 6.10 Å². The summed E-state index contributed by atoms with van der Waals surface area (Å²) in [4.78, 5) is 38.0. The number of hydrogen-bond acceptors (Lipinski definition) is 6. The highest BCUT2D eigenvalue weighted by Crippen LogP contribution is 2.15. The first-order valence-corrected chi connectivity index (χ1v) is 27.8. The second kappa shape index (κ2) is 53.7. The number of rotatable bonds is 50. The third-order valence-corrected chi connectivity index (χ3v) is 12.0. The zero-order valence-electron chi connectivity index (χ0n) is 43.0. The molecule has 0 bridgehead atoms. The maximum absolute atomic E-state index is 12.8. The molecule has 0 aliphatic carbocycles. The van der Waals surface area contributed by atoms with Crippen LogP contribution in [0.2, 0.25) is 0 Å². The molecule has 0 aromatic heterocycles. The molecule has 0 fully saturated rings. The molecular weight excluding hydrogens is 805 g/mol. The molecule has 0 aliphatic rings. The van der Waals surface area contributed by atoms with Gasteiger partial charge < -0.3 is 14.2 Å². The zero-order valence-corrected chi connectivity index (χ0v) is 43.0. The lowest BCUT2D eigenvalue weighted by atomic mass is 10.0. The lowest BCUT2D eigenvalue weighted by Crippen LogP contribution is -2.30. The summed E-state index contributed by atoms with van der Waals surface area (Å²) in [5.41, 5.74) is 0. The highest BCUT2D eigenvalue weighted by molar-refractivity contribution is 5.71. The number of esters is 3. The Kier molecular flexibility index (Phi) is 51.3. The largest absolute Gasteiger partial charge is 0.462 e. The van der Waals surface area contributed by atoms with Gasteiger partial charge in [-0.15, -0.1) is 0 Å². The molecule has 376 valence electrons. The second-order valence-corrected chi connectivity index (χ2v) is 18.5. The van der Waals surface area contributed by atoms with Crippen molar-refractivity contribution in [1.29, 1.82) is 0 Å². The molecule has 0 saturated carbocycles. The molecule has 0 aliphatic heterocycles. The summed E-state index contributed by atoms with van der Waals surface area (Å²) in [5.74, 6) is -0.947. The van der Waals surface area contributed by atoms with Gasteiger partial charge in [0.25, 0.3) is 0 Å². The Labute approximate surface area is 402 Å². The van der Waals surface area contributed by atoms with E-state index < -0.39 is 6.10 Å². The van der Waals surface area contributed by atoms with E-state index in [0.717, 1.165) is 64.2 Å². The van der Waals surface area contributed by atoms with Gasteiger partial charge in [0.1, 0.15) is 13.2 Å². The van der Waals surface area contributed by atoms with Gasteiger partial charge in [-0.05, 0) is 83.5 Å². The SMILES string of the molecule is CCCCC/C=C\C/C=C\C/C=C\C/C=C\CCCC(=O)O[C@H](COC(=O)CCCCCCCCC/C=C\CCCCCCCC)COC(=O)CCCCCCCCCCCCCCC. The number of carbonyl (C=O) groups excluding carboxylic acids is 3. The van der Waals surface area contributed by atoms with Crippen LogP contribution in [0.15, 0.2) is 60.8 Å². The predicted molar refractivity (Wildman–Crippen MR) is 279 cm³/mol. The summed E-state index contributed by atoms with van der Waals surface area (Å²) in [5, 5.41) is 0. The van der Waals surface area contributed by atoms with E-state index in [-0.39, 0.29) is 37.5 Å². The molecule has 0 amide bonds. The highest BCUT2D eigenvalue weighted by atomic mass is 16.6. The van der Waals surface area contributed by atoms with Gasteiger partial charge >= 0.3 is 17.9 Å². The summed E-state index contributed by atoms with van der Waals surface area (Å²) >= 11 is 0. The standard InChI is InChI=1S/C59H104O6/c1-4-7-10-13-16-19-22-25-27-29-31-34-37-40-43-46-49-52-58(61)64-55-56(54-63-57(60)51-48-45-42-39-36-33-24-21-18-15-12-9-6-3)65-59(62)53-50-47-44-41-38-35-32-30-28-26-23-20-17-14-11-8-5-2/h17,20,25-28,32,35,41,44,56H,4-16,18-19,21-24,29-31,33-34,36-40,42-43,45-55H2,1-3H3/b20-17-,27-25-,28-26-,35-32-,44-41-/t56-/m0/s1. The first-order valence-electron chi connectivity index (χ1n) is 27.8. The minimum Gasteiger partial charge on any atom is -0.462 e. The van der Waals surface area contributed by atoms with Gasteiger partial charge in [0, 0.05) is 19.3 Å². The molecule has 1 atom stereocenters. The van der Waals surface area contributed by atoms with Crippen LogP contribution in [0.5, 0.6) is 0 Å². The fourth-order valence-corrected chi connectivity index (χ4v) is 7.78. The Hall–Kier alpha value is -2.89. The fraction of sp³-hybridized carbons (Fsp3) is 0.780. The van der Waals surface area contributed by atoms with Crippen molar-refractivity contribution < 1.29 is 28.6 Å². The predicted octanol–water partition coefficient (Wildman–Crippen LogP) is 18.4. The molecule has 0 saturated heterocycles. The van der Waals surface area contributed by atoms with Crippen molar-refractivity contribution in [1.82, 2.24) is 0 Å². The number of unbranched alkanes of at least 4 members (excludes halogenated alkanes) is 29. The van der Waals surface area contributed by atoms with E-state index in [0.29, 0.717) is 19.3 Å². The molecule has 6 nitrogen and oxygen atoms in total. The maximum atomic E-state index is 12.8. The minimum absolute atomic E-state index is 0.0949. The van der Waals surface area contributed by atoms with E-state index in [1.54, 1.807) is 0 Å². The Morgan fingerprint density at radius 1 is 0.308 bits per heavy atom. The van der Waals surface area contributed by atoms with Gasteiger partial charge in [-0.25, -0.2) is 0 Å². The van der Waals surface area contributed by atoms with E-state index in [1.807, 2.05) is 0 Å². The Balaban J connectivity index is 4.45. The first kappa shape index (κ1) is 62.1. The third kappa shape index (κ3) is 51.9. The fourth-order valence-electron chi connectivity index (χ4n) is 7.78. The van der Waals surface area contributed by atoms with Crippen molar-refractivity contribution in [3.8, 4) is 0 Å². The summed E-state index contributed by atoms with van der Waals surface area (Å²) in [7, 11) is 0. The lowest BCUT2D eigenvalue weighted by Gasteiger charge is -2.18. The van der Waals surface area contributed by atoms with Gasteiger partial charge in [-0.1, -0.05) is 236 Å². The van der Waals surface area contributed by atoms with Crippen LogP contribution in [-0.2, 0) is 28.6 Å². The molecule has 65 heavy (non-hydrogen) atoms. The molecule has 0 spiro atoms. The van der Waals surface area contributed by atoms with Gasteiger partial charge in [-0.2, -0.15) is 0 Å². The monoisotopic (exact) mass is 909 g/mol. The highest BCUT2D eigenvalue weighted by Gasteiger charge is 2.19. The van der Waals surface area contributed by atoms with Crippen molar-refractivity contribution >= 4 is 17.9 Å². The van der Waals surface area contributed by atoms with Crippen molar-refractivity contribution in [2.24, 2.45) is 0 Å². The summed E-state index contributed by atoms with van der Waals surface area (Å²) < 4.78 is 16.8. The Bertz CT molecular complexity index is 1180. The maximum Gasteiger partial charge on any atom is 0.306 e. The number of hydrogen-bond donors (Lipinski definition) is 0. The molecule has 0 rings (SSSR count). The van der Waals surface area contributed by atoms with Crippen LogP contribution < -0.4 is 0 Å². The molecule has 0 radical (unpaired) electrons. The summed E-state index contributed by atoms with van der Waals surface area (Å²) in [6.45, 7) is 6.58. The van der Waals surface area contributed by atoms with Crippen LogP contribution in [0, 0.1) is 0 Å². The van der Waals surface area contributed by atoms with Crippen molar-refractivity contribution in [3.63, 3.8) is 0 Å². The average Bonchev–Trinajstić information content (AvgIpc) is 3.30. The quantitative estimate of drug-likeness (QED) is 0.0262. The summed E-state index contributed by atoms with van der Waals surface area (Å²) in [6.07, 6.45) is 66.4. The smallest absolute Gasteiger partial charge is 0.306 e. The topological polar surface area (TPSA) is 78.9 Å². The number of ether oxygens (including phenoxy) is 3. The average molecular weight is 909 g/mol. The normalized spacial score (nSPS) is 12.5. The molecule has 0 N–H and O–H groups in total.